The number of hydrogen-bond acceptors (Lipinski definition) is 2. The molecular formula is C12H27NO. The summed E-state index contributed by atoms with van der Waals surface area (Å²) in [6, 6.07) is 0. The Morgan fingerprint density at radius 3 is 2.00 bits per heavy atom. The maximum absolute atomic E-state index is 10.3. The molecule has 0 aliphatic heterocycles. The molecule has 2 heteroatoms. The fourth-order valence-corrected chi connectivity index (χ4v) is 1.83. The van der Waals surface area contributed by atoms with E-state index in [1.165, 1.54) is 0 Å². The van der Waals surface area contributed by atoms with E-state index in [4.69, 9.17) is 0 Å². The second-order valence-corrected chi connectivity index (χ2v) is 4.75. The van der Waals surface area contributed by atoms with E-state index in [1.807, 2.05) is 0 Å². The Kier molecular flexibility index (Phi) is 7.20. The fraction of sp³-hybridized carbons (Fsp3) is 1.00. The van der Waals surface area contributed by atoms with Gasteiger partial charge in [0.2, 0.25) is 0 Å². The molecule has 0 aliphatic rings. The summed E-state index contributed by atoms with van der Waals surface area (Å²) in [7, 11) is 0. The molecule has 0 spiro atoms. The van der Waals surface area contributed by atoms with E-state index in [9.17, 15) is 5.11 Å². The maximum atomic E-state index is 10.3. The van der Waals surface area contributed by atoms with Crippen LogP contribution in [0.4, 0.5) is 0 Å². The summed E-state index contributed by atoms with van der Waals surface area (Å²) in [4.78, 5) is 0. The van der Waals surface area contributed by atoms with Crippen molar-refractivity contribution in [2.45, 2.75) is 59.0 Å². The first kappa shape index (κ1) is 13.9. The summed E-state index contributed by atoms with van der Waals surface area (Å²) in [5, 5.41) is 13.6. The highest BCUT2D eigenvalue weighted by molar-refractivity contribution is 4.80. The zero-order chi connectivity index (χ0) is 11.0. The van der Waals surface area contributed by atoms with E-state index < -0.39 is 5.60 Å². The molecule has 0 aromatic carbocycles. The van der Waals surface area contributed by atoms with Gasteiger partial charge in [-0.25, -0.2) is 0 Å². The summed E-state index contributed by atoms with van der Waals surface area (Å²) < 4.78 is 0. The highest BCUT2D eigenvalue weighted by atomic mass is 16.3. The Labute approximate surface area is 89.1 Å². The van der Waals surface area contributed by atoms with E-state index in [-0.39, 0.29) is 0 Å². The highest BCUT2D eigenvalue weighted by Crippen LogP contribution is 2.18. The third kappa shape index (κ3) is 6.39. The van der Waals surface area contributed by atoms with Gasteiger partial charge in [0.15, 0.2) is 0 Å². The number of aliphatic hydroxyl groups is 1. The van der Waals surface area contributed by atoms with Crippen LogP contribution in [0.15, 0.2) is 0 Å². The van der Waals surface area contributed by atoms with Gasteiger partial charge >= 0.3 is 0 Å². The van der Waals surface area contributed by atoms with Crippen LogP contribution in [0.2, 0.25) is 0 Å². The molecule has 0 aliphatic carbocycles. The minimum Gasteiger partial charge on any atom is -0.389 e. The average molecular weight is 201 g/mol. The minimum absolute atomic E-state index is 0.474. The zero-order valence-electron chi connectivity index (χ0n) is 10.3. The van der Waals surface area contributed by atoms with Crippen LogP contribution in [0, 0.1) is 5.92 Å². The molecule has 0 aromatic rings. The molecule has 0 amide bonds. The predicted octanol–water partition coefficient (Wildman–Crippen LogP) is 2.56. The molecule has 0 heterocycles. The Bertz CT molecular complexity index is 128. The third-order valence-electron chi connectivity index (χ3n) is 2.44. The van der Waals surface area contributed by atoms with Crippen LogP contribution in [-0.4, -0.2) is 23.8 Å². The Morgan fingerprint density at radius 1 is 1.14 bits per heavy atom. The van der Waals surface area contributed by atoms with Crippen molar-refractivity contribution < 1.29 is 5.11 Å². The molecule has 0 atom stereocenters. The minimum atomic E-state index is -0.474. The Morgan fingerprint density at radius 2 is 1.64 bits per heavy atom. The molecule has 0 saturated heterocycles. The van der Waals surface area contributed by atoms with Gasteiger partial charge in [0.1, 0.15) is 0 Å². The lowest BCUT2D eigenvalue weighted by Crippen LogP contribution is -2.41. The van der Waals surface area contributed by atoms with Crippen molar-refractivity contribution in [3.63, 3.8) is 0 Å². The van der Waals surface area contributed by atoms with Gasteiger partial charge in [0.05, 0.1) is 5.60 Å². The predicted molar refractivity (Wildman–Crippen MR) is 62.5 cm³/mol. The van der Waals surface area contributed by atoms with Crippen LogP contribution in [0.1, 0.15) is 53.4 Å². The summed E-state index contributed by atoms with van der Waals surface area (Å²) in [6.45, 7) is 10.4. The highest BCUT2D eigenvalue weighted by Gasteiger charge is 2.23. The van der Waals surface area contributed by atoms with Gasteiger partial charge in [-0.2, -0.15) is 0 Å². The molecule has 86 valence electrons. The Hall–Kier alpha value is -0.0800. The first-order valence-corrected chi connectivity index (χ1v) is 5.97. The Balaban J connectivity index is 3.83. The first-order chi connectivity index (χ1) is 6.54. The second kappa shape index (κ2) is 7.24. The van der Waals surface area contributed by atoms with Gasteiger partial charge in [-0.05, 0) is 25.3 Å². The van der Waals surface area contributed by atoms with Crippen molar-refractivity contribution >= 4 is 0 Å². The van der Waals surface area contributed by atoms with E-state index >= 15 is 0 Å². The third-order valence-corrected chi connectivity index (χ3v) is 2.44. The molecule has 0 fully saturated rings. The van der Waals surface area contributed by atoms with Gasteiger partial charge in [-0.1, -0.05) is 40.5 Å². The van der Waals surface area contributed by atoms with E-state index in [2.05, 4.69) is 33.0 Å². The van der Waals surface area contributed by atoms with Crippen LogP contribution >= 0.6 is 0 Å². The lowest BCUT2D eigenvalue weighted by molar-refractivity contribution is 0.0213. The molecule has 0 bridgehead atoms. The van der Waals surface area contributed by atoms with Gasteiger partial charge in [-0.15, -0.1) is 0 Å². The van der Waals surface area contributed by atoms with Crippen LogP contribution < -0.4 is 5.32 Å². The van der Waals surface area contributed by atoms with Crippen LogP contribution in [-0.2, 0) is 0 Å². The zero-order valence-corrected chi connectivity index (χ0v) is 10.3. The van der Waals surface area contributed by atoms with Gasteiger partial charge in [0, 0.05) is 6.54 Å². The van der Waals surface area contributed by atoms with Crippen molar-refractivity contribution in [3.05, 3.63) is 0 Å². The smallest absolute Gasteiger partial charge is 0.0771 e. The molecule has 0 unspecified atom stereocenters. The van der Waals surface area contributed by atoms with Crippen LogP contribution in [0.25, 0.3) is 0 Å². The van der Waals surface area contributed by atoms with Gasteiger partial charge in [0.25, 0.3) is 0 Å². The summed E-state index contributed by atoms with van der Waals surface area (Å²) >= 11 is 0. The fourth-order valence-electron chi connectivity index (χ4n) is 1.83. The topological polar surface area (TPSA) is 32.3 Å². The molecule has 2 N–H and O–H groups in total. The van der Waals surface area contributed by atoms with Gasteiger partial charge in [-0.3, -0.25) is 0 Å². The average Bonchev–Trinajstić information content (AvgIpc) is 2.03. The number of rotatable bonds is 8. The summed E-state index contributed by atoms with van der Waals surface area (Å²) in [5.74, 6) is 0.655. The molecule has 2 nitrogen and oxygen atoms in total. The van der Waals surface area contributed by atoms with Crippen molar-refractivity contribution in [2.24, 2.45) is 5.92 Å². The number of hydrogen-bond donors (Lipinski definition) is 2. The van der Waals surface area contributed by atoms with Crippen molar-refractivity contribution in [1.82, 2.24) is 5.32 Å². The molecule has 0 aromatic heterocycles. The summed E-state index contributed by atoms with van der Waals surface area (Å²) in [6.07, 6.45) is 3.93. The van der Waals surface area contributed by atoms with Crippen LogP contribution in [0.3, 0.4) is 0 Å². The molecule has 0 rings (SSSR count). The molecular weight excluding hydrogens is 174 g/mol. The first-order valence-electron chi connectivity index (χ1n) is 5.97. The molecule has 0 saturated carbocycles. The molecule has 14 heavy (non-hydrogen) atoms. The normalized spacial score (nSPS) is 12.4. The summed E-state index contributed by atoms with van der Waals surface area (Å²) in [5.41, 5.74) is -0.474. The number of nitrogens with one attached hydrogen (secondary N) is 1. The van der Waals surface area contributed by atoms with Crippen LogP contribution in [0.5, 0.6) is 0 Å². The van der Waals surface area contributed by atoms with E-state index in [0.29, 0.717) is 5.92 Å². The van der Waals surface area contributed by atoms with E-state index in [0.717, 1.165) is 38.8 Å². The maximum Gasteiger partial charge on any atom is 0.0771 e. The van der Waals surface area contributed by atoms with Crippen molar-refractivity contribution in [1.29, 1.82) is 0 Å². The lowest BCUT2D eigenvalue weighted by Gasteiger charge is -2.28. The van der Waals surface area contributed by atoms with Gasteiger partial charge < -0.3 is 10.4 Å². The standard InChI is InChI=1S/C12H27NO/c1-5-7-12(14,8-6-2)10-13-9-11(3)4/h11,13-14H,5-10H2,1-4H3. The second-order valence-electron chi connectivity index (χ2n) is 4.75. The largest absolute Gasteiger partial charge is 0.389 e. The van der Waals surface area contributed by atoms with Crippen molar-refractivity contribution in [3.8, 4) is 0 Å². The van der Waals surface area contributed by atoms with Crippen molar-refractivity contribution in [2.75, 3.05) is 13.1 Å². The lowest BCUT2D eigenvalue weighted by atomic mass is 9.92. The monoisotopic (exact) mass is 201 g/mol. The SMILES string of the molecule is CCCC(O)(CCC)CNCC(C)C. The quantitative estimate of drug-likeness (QED) is 0.632. The van der Waals surface area contributed by atoms with E-state index in [1.54, 1.807) is 0 Å². The molecule has 0 radical (unpaired) electrons.